The summed E-state index contributed by atoms with van der Waals surface area (Å²) < 4.78 is 74.5. The van der Waals surface area contributed by atoms with E-state index in [1.807, 2.05) is 6.92 Å². The molecule has 0 N–H and O–H groups in total. The number of carbonyl (C=O) groups excluding carboxylic acids is 1. The maximum atomic E-state index is 13.3. The fourth-order valence-corrected chi connectivity index (χ4v) is 4.86. The van der Waals surface area contributed by atoms with E-state index >= 15 is 0 Å². The van der Waals surface area contributed by atoms with Crippen LogP contribution in [0.15, 0.2) is 76.2 Å². The van der Waals surface area contributed by atoms with Crippen molar-refractivity contribution in [1.82, 2.24) is 4.90 Å². The highest BCUT2D eigenvalue weighted by Gasteiger charge is 2.32. The second-order valence-electron chi connectivity index (χ2n) is 8.73. The van der Waals surface area contributed by atoms with Crippen LogP contribution >= 0.6 is 0 Å². The molecule has 0 aliphatic heterocycles. The highest BCUT2D eigenvalue weighted by molar-refractivity contribution is 7.87. The molecule has 0 fully saturated rings. The molecule has 0 aliphatic rings. The second kappa shape index (κ2) is 12.3. The molecule has 3 rings (SSSR count). The SMILES string of the molecule is CCCCC(CC)C(=O)N(Cc1ccc(OS(=O)(=O)c2cccc(C(F)(F)F)c2)cc1)Cc1ccco1. The fraction of sp³-hybridized carbons (Fsp3) is 0.370. The van der Waals surface area contributed by atoms with Crippen molar-refractivity contribution >= 4 is 16.0 Å². The Morgan fingerprint density at radius 2 is 1.76 bits per heavy atom. The van der Waals surface area contributed by atoms with Crippen molar-refractivity contribution in [1.29, 1.82) is 0 Å². The summed E-state index contributed by atoms with van der Waals surface area (Å²) in [7, 11) is -4.48. The highest BCUT2D eigenvalue weighted by atomic mass is 32.2. The molecule has 10 heteroatoms. The molecule has 0 spiro atoms. The number of benzene rings is 2. The van der Waals surface area contributed by atoms with Gasteiger partial charge in [-0.3, -0.25) is 4.79 Å². The lowest BCUT2D eigenvalue weighted by atomic mass is 9.97. The molecule has 1 aromatic heterocycles. The van der Waals surface area contributed by atoms with Gasteiger partial charge in [-0.1, -0.05) is 44.9 Å². The first-order chi connectivity index (χ1) is 17.5. The van der Waals surface area contributed by atoms with Crippen molar-refractivity contribution in [2.45, 2.75) is 63.7 Å². The van der Waals surface area contributed by atoms with E-state index < -0.39 is 26.8 Å². The van der Waals surface area contributed by atoms with Crippen LogP contribution in [-0.2, 0) is 34.2 Å². The molecule has 0 saturated heterocycles. The number of furan rings is 1. The summed E-state index contributed by atoms with van der Waals surface area (Å²) in [6, 6.07) is 13.0. The van der Waals surface area contributed by atoms with E-state index in [-0.39, 0.29) is 30.7 Å². The first-order valence-corrected chi connectivity index (χ1v) is 13.5. The van der Waals surface area contributed by atoms with Crippen LogP contribution in [0.3, 0.4) is 0 Å². The number of alkyl halides is 3. The average Bonchev–Trinajstić information content (AvgIpc) is 3.38. The predicted molar refractivity (Wildman–Crippen MR) is 132 cm³/mol. The van der Waals surface area contributed by atoms with Crippen LogP contribution in [-0.4, -0.2) is 19.2 Å². The molecule has 1 unspecified atom stereocenters. The Balaban J connectivity index is 1.75. The lowest BCUT2D eigenvalue weighted by Gasteiger charge is -2.26. The van der Waals surface area contributed by atoms with Crippen LogP contribution in [0.25, 0.3) is 0 Å². The smallest absolute Gasteiger partial charge is 0.416 e. The summed E-state index contributed by atoms with van der Waals surface area (Å²) >= 11 is 0. The van der Waals surface area contributed by atoms with E-state index in [9.17, 15) is 26.4 Å². The van der Waals surface area contributed by atoms with Crippen molar-refractivity contribution < 1.29 is 35.0 Å². The molecular weight excluding hydrogens is 507 g/mol. The summed E-state index contributed by atoms with van der Waals surface area (Å²) in [4.78, 5) is 14.4. The normalized spacial score (nSPS) is 12.8. The van der Waals surface area contributed by atoms with Gasteiger partial charge in [0.1, 0.15) is 16.4 Å². The van der Waals surface area contributed by atoms with Crippen LogP contribution in [0.5, 0.6) is 5.75 Å². The van der Waals surface area contributed by atoms with E-state index in [4.69, 9.17) is 8.60 Å². The van der Waals surface area contributed by atoms with Gasteiger partial charge in [-0.2, -0.15) is 21.6 Å². The minimum Gasteiger partial charge on any atom is -0.467 e. The molecule has 1 heterocycles. The fourth-order valence-electron chi connectivity index (χ4n) is 3.89. The second-order valence-corrected chi connectivity index (χ2v) is 10.3. The number of unbranched alkanes of at least 4 members (excludes halogenated alkanes) is 1. The zero-order valence-corrected chi connectivity index (χ0v) is 21.5. The topological polar surface area (TPSA) is 76.8 Å². The van der Waals surface area contributed by atoms with Crippen molar-refractivity contribution in [3.8, 4) is 5.75 Å². The molecule has 0 aliphatic carbocycles. The molecule has 0 bridgehead atoms. The van der Waals surface area contributed by atoms with Gasteiger partial charge in [0, 0.05) is 12.5 Å². The number of carbonyl (C=O) groups is 1. The monoisotopic (exact) mass is 537 g/mol. The summed E-state index contributed by atoms with van der Waals surface area (Å²) in [6.07, 6.45) is 0.315. The zero-order chi connectivity index (χ0) is 27.1. The molecular formula is C27H30F3NO5S. The molecule has 200 valence electrons. The van der Waals surface area contributed by atoms with Crippen LogP contribution in [0.4, 0.5) is 13.2 Å². The van der Waals surface area contributed by atoms with E-state index in [1.165, 1.54) is 12.1 Å². The summed E-state index contributed by atoms with van der Waals surface area (Å²) in [5.74, 6) is 0.486. The minimum absolute atomic E-state index is 0.0137. The van der Waals surface area contributed by atoms with Crippen LogP contribution in [0.1, 0.15) is 56.4 Å². The van der Waals surface area contributed by atoms with Crippen molar-refractivity contribution in [3.05, 3.63) is 83.8 Å². The van der Waals surface area contributed by atoms with Gasteiger partial charge in [-0.15, -0.1) is 0 Å². The number of rotatable bonds is 12. The molecule has 37 heavy (non-hydrogen) atoms. The third-order valence-electron chi connectivity index (χ3n) is 5.94. The molecule has 3 aromatic rings. The van der Waals surface area contributed by atoms with Gasteiger partial charge in [0.2, 0.25) is 5.91 Å². The Morgan fingerprint density at radius 3 is 2.35 bits per heavy atom. The number of amides is 1. The Bertz CT molecular complexity index is 1260. The van der Waals surface area contributed by atoms with E-state index in [0.29, 0.717) is 18.2 Å². The van der Waals surface area contributed by atoms with Gasteiger partial charge < -0.3 is 13.5 Å². The Kier molecular flexibility index (Phi) is 9.42. The van der Waals surface area contributed by atoms with Crippen LogP contribution < -0.4 is 4.18 Å². The molecule has 0 radical (unpaired) electrons. The molecule has 0 saturated carbocycles. The first-order valence-electron chi connectivity index (χ1n) is 12.0. The Morgan fingerprint density at radius 1 is 1.03 bits per heavy atom. The summed E-state index contributed by atoms with van der Waals surface area (Å²) in [5.41, 5.74) is -0.354. The lowest BCUT2D eigenvalue weighted by Crippen LogP contribution is -2.35. The maximum absolute atomic E-state index is 13.3. The highest BCUT2D eigenvalue weighted by Crippen LogP contribution is 2.31. The quantitative estimate of drug-likeness (QED) is 0.237. The third-order valence-corrected chi connectivity index (χ3v) is 7.18. The molecule has 1 amide bonds. The van der Waals surface area contributed by atoms with Gasteiger partial charge in [-0.05, 0) is 60.9 Å². The number of nitrogens with zero attached hydrogens (tertiary/aromatic N) is 1. The summed E-state index contributed by atoms with van der Waals surface area (Å²) in [6.45, 7) is 4.62. The zero-order valence-electron chi connectivity index (χ0n) is 20.7. The number of halogens is 3. The van der Waals surface area contributed by atoms with Crippen molar-refractivity contribution in [2.75, 3.05) is 0 Å². The standard InChI is InChI=1S/C27H30F3NO5S/c1-3-5-8-21(4-2)26(32)31(19-24-10-7-16-35-24)18-20-12-14-23(15-13-20)36-37(33,34)25-11-6-9-22(17-25)27(28,29)30/h6-7,9-17,21H,3-5,8,18-19H2,1-2H3. The average molecular weight is 538 g/mol. The Labute approximate surface area is 215 Å². The van der Waals surface area contributed by atoms with E-state index in [0.717, 1.165) is 43.0 Å². The van der Waals surface area contributed by atoms with Crippen molar-refractivity contribution in [3.63, 3.8) is 0 Å². The van der Waals surface area contributed by atoms with Gasteiger partial charge in [-0.25, -0.2) is 0 Å². The first kappa shape index (κ1) is 28.3. The van der Waals surface area contributed by atoms with Crippen LogP contribution in [0, 0.1) is 5.92 Å². The number of hydrogen-bond donors (Lipinski definition) is 0. The van der Waals surface area contributed by atoms with Gasteiger partial charge in [0.25, 0.3) is 0 Å². The number of hydrogen-bond acceptors (Lipinski definition) is 5. The maximum Gasteiger partial charge on any atom is 0.416 e. The lowest BCUT2D eigenvalue weighted by molar-refractivity contribution is -0.138. The molecule has 2 aromatic carbocycles. The minimum atomic E-state index is -4.68. The van der Waals surface area contributed by atoms with Crippen LogP contribution in [0.2, 0.25) is 0 Å². The predicted octanol–water partition coefficient (Wildman–Crippen LogP) is 6.81. The molecule has 1 atom stereocenters. The van der Waals surface area contributed by atoms with Gasteiger partial charge in [0.15, 0.2) is 0 Å². The summed E-state index contributed by atoms with van der Waals surface area (Å²) in [5, 5.41) is 0. The largest absolute Gasteiger partial charge is 0.467 e. The van der Waals surface area contributed by atoms with Crippen molar-refractivity contribution in [2.24, 2.45) is 5.92 Å². The third kappa shape index (κ3) is 7.85. The van der Waals surface area contributed by atoms with Gasteiger partial charge in [0.05, 0.1) is 18.4 Å². The van der Waals surface area contributed by atoms with E-state index in [1.54, 1.807) is 35.4 Å². The Hall–Kier alpha value is -3.27. The van der Waals surface area contributed by atoms with Gasteiger partial charge >= 0.3 is 16.3 Å². The van der Waals surface area contributed by atoms with E-state index in [2.05, 4.69) is 6.92 Å². The molecule has 6 nitrogen and oxygen atoms in total.